The summed E-state index contributed by atoms with van der Waals surface area (Å²) in [6.45, 7) is 1.28. The molecule has 0 spiro atoms. The Morgan fingerprint density at radius 1 is 1.25 bits per heavy atom. The number of hydrogen-bond donors (Lipinski definition) is 0. The highest BCUT2D eigenvalue weighted by molar-refractivity contribution is 9.10. The van der Waals surface area contributed by atoms with Crippen LogP contribution in [0.5, 0.6) is 0 Å². The molecule has 0 aliphatic carbocycles. The fourth-order valence-electron chi connectivity index (χ4n) is 2.32. The summed E-state index contributed by atoms with van der Waals surface area (Å²) in [4.78, 5) is 0. The zero-order chi connectivity index (χ0) is 11.4. The number of rotatable bonds is 3. The topological polar surface area (TPSA) is 9.23 Å². The Hall–Kier alpha value is -0.410. The second-order valence-corrected chi connectivity index (χ2v) is 5.18. The summed E-state index contributed by atoms with van der Waals surface area (Å²) < 4.78 is 19.5. The van der Waals surface area contributed by atoms with E-state index in [-0.39, 0.29) is 12.6 Å². The third kappa shape index (κ3) is 2.83. The largest absolute Gasteiger partial charge is 0.381 e. The van der Waals surface area contributed by atoms with Gasteiger partial charge in [0.05, 0.1) is 6.67 Å². The van der Waals surface area contributed by atoms with Crippen molar-refractivity contribution < 1.29 is 9.13 Å². The summed E-state index contributed by atoms with van der Waals surface area (Å²) in [5.41, 5.74) is 1.11. The van der Waals surface area contributed by atoms with Crippen LogP contribution in [0.25, 0.3) is 0 Å². The van der Waals surface area contributed by atoms with Crippen molar-refractivity contribution in [3.05, 3.63) is 34.3 Å². The molecule has 1 aromatic carbocycles. The molecule has 0 radical (unpaired) electrons. The van der Waals surface area contributed by atoms with Crippen molar-refractivity contribution in [1.29, 1.82) is 0 Å². The van der Waals surface area contributed by atoms with Gasteiger partial charge in [-0.3, -0.25) is 4.39 Å². The van der Waals surface area contributed by atoms with Gasteiger partial charge in [0, 0.05) is 23.6 Å². The number of hydrogen-bond acceptors (Lipinski definition) is 1. The third-order valence-corrected chi connectivity index (χ3v) is 3.83. The van der Waals surface area contributed by atoms with E-state index in [1.807, 2.05) is 24.3 Å². The maximum Gasteiger partial charge on any atom is 0.0965 e. The molecular formula is C13H16BrFO. The van der Waals surface area contributed by atoms with E-state index in [4.69, 9.17) is 4.74 Å². The van der Waals surface area contributed by atoms with Gasteiger partial charge in [0.2, 0.25) is 0 Å². The summed E-state index contributed by atoms with van der Waals surface area (Å²) in [5, 5.41) is 0. The fraction of sp³-hybridized carbons (Fsp3) is 0.538. The van der Waals surface area contributed by atoms with E-state index in [0.717, 1.165) is 36.1 Å². The first-order valence-corrected chi connectivity index (χ1v) is 6.49. The molecule has 3 heteroatoms. The number of ether oxygens (including phenoxy) is 1. The third-order valence-electron chi connectivity index (χ3n) is 3.30. The normalized spacial score (nSPS) is 19.6. The van der Waals surface area contributed by atoms with E-state index in [2.05, 4.69) is 15.9 Å². The SMILES string of the molecule is FCC(c1ccc(Br)cc1)C1CCOCC1. The molecule has 0 N–H and O–H groups in total. The van der Waals surface area contributed by atoms with Gasteiger partial charge >= 0.3 is 0 Å². The molecule has 1 aliphatic rings. The lowest BCUT2D eigenvalue weighted by atomic mass is 9.82. The Balaban J connectivity index is 2.11. The molecule has 0 aromatic heterocycles. The Kier molecular flexibility index (Phi) is 4.36. The van der Waals surface area contributed by atoms with Gasteiger partial charge in [-0.1, -0.05) is 28.1 Å². The monoisotopic (exact) mass is 286 g/mol. The summed E-state index contributed by atoms with van der Waals surface area (Å²) >= 11 is 3.40. The Bertz CT molecular complexity index is 319. The van der Waals surface area contributed by atoms with Gasteiger partial charge in [-0.15, -0.1) is 0 Å². The average molecular weight is 287 g/mol. The van der Waals surface area contributed by atoms with Crippen molar-refractivity contribution in [2.45, 2.75) is 18.8 Å². The molecular weight excluding hydrogens is 271 g/mol. The average Bonchev–Trinajstić information content (AvgIpc) is 2.34. The van der Waals surface area contributed by atoms with Crippen LogP contribution in [0.3, 0.4) is 0 Å². The number of halogens is 2. The van der Waals surface area contributed by atoms with Crippen LogP contribution in [0, 0.1) is 5.92 Å². The van der Waals surface area contributed by atoms with Crippen molar-refractivity contribution in [1.82, 2.24) is 0 Å². The minimum atomic E-state index is -0.272. The van der Waals surface area contributed by atoms with Crippen LogP contribution in [-0.2, 0) is 4.74 Å². The van der Waals surface area contributed by atoms with Crippen LogP contribution in [0.15, 0.2) is 28.7 Å². The molecule has 88 valence electrons. The molecule has 16 heavy (non-hydrogen) atoms. The lowest BCUT2D eigenvalue weighted by Gasteiger charge is -2.28. The molecule has 1 saturated heterocycles. The molecule has 1 aromatic rings. The predicted octanol–water partition coefficient (Wildman–Crippen LogP) is 3.93. The van der Waals surface area contributed by atoms with Gasteiger partial charge < -0.3 is 4.74 Å². The van der Waals surface area contributed by atoms with Crippen LogP contribution in [0.1, 0.15) is 24.3 Å². The maximum atomic E-state index is 13.2. The zero-order valence-corrected chi connectivity index (χ0v) is 10.7. The first-order chi connectivity index (χ1) is 7.81. The first-order valence-electron chi connectivity index (χ1n) is 5.70. The summed E-state index contributed by atoms with van der Waals surface area (Å²) in [6, 6.07) is 8.00. The molecule has 0 bridgehead atoms. The smallest absolute Gasteiger partial charge is 0.0965 e. The lowest BCUT2D eigenvalue weighted by Crippen LogP contribution is -2.23. The molecule has 0 amide bonds. The Morgan fingerprint density at radius 3 is 2.44 bits per heavy atom. The van der Waals surface area contributed by atoms with Gasteiger partial charge in [-0.05, 0) is 36.5 Å². The molecule has 0 saturated carbocycles. The molecule has 1 aliphatic heterocycles. The van der Waals surface area contributed by atoms with Gasteiger partial charge in [0.15, 0.2) is 0 Å². The molecule has 2 rings (SSSR count). The number of benzene rings is 1. The van der Waals surface area contributed by atoms with Crippen molar-refractivity contribution in [3.63, 3.8) is 0 Å². The second kappa shape index (κ2) is 5.78. The van der Waals surface area contributed by atoms with Gasteiger partial charge in [0.1, 0.15) is 0 Å². The molecule has 1 fully saturated rings. The van der Waals surface area contributed by atoms with E-state index in [0.29, 0.717) is 5.92 Å². The molecule has 1 heterocycles. The minimum Gasteiger partial charge on any atom is -0.381 e. The van der Waals surface area contributed by atoms with Crippen LogP contribution in [-0.4, -0.2) is 19.9 Å². The highest BCUT2D eigenvalue weighted by Crippen LogP contribution is 2.32. The zero-order valence-electron chi connectivity index (χ0n) is 9.16. The standard InChI is InChI=1S/C13H16BrFO/c14-12-3-1-10(2-4-12)13(9-15)11-5-7-16-8-6-11/h1-4,11,13H,5-9H2. The summed E-state index contributed by atoms with van der Waals surface area (Å²) in [7, 11) is 0. The van der Waals surface area contributed by atoms with Crippen LogP contribution >= 0.6 is 15.9 Å². The molecule has 1 atom stereocenters. The fourth-order valence-corrected chi connectivity index (χ4v) is 2.58. The van der Waals surface area contributed by atoms with Crippen molar-refractivity contribution >= 4 is 15.9 Å². The molecule has 1 unspecified atom stereocenters. The van der Waals surface area contributed by atoms with Crippen LogP contribution < -0.4 is 0 Å². The van der Waals surface area contributed by atoms with Crippen molar-refractivity contribution in [3.8, 4) is 0 Å². The lowest BCUT2D eigenvalue weighted by molar-refractivity contribution is 0.0547. The van der Waals surface area contributed by atoms with E-state index in [1.165, 1.54) is 0 Å². The van der Waals surface area contributed by atoms with Crippen molar-refractivity contribution in [2.24, 2.45) is 5.92 Å². The second-order valence-electron chi connectivity index (χ2n) is 4.26. The Labute approximate surface area is 104 Å². The highest BCUT2D eigenvalue weighted by Gasteiger charge is 2.25. The van der Waals surface area contributed by atoms with E-state index in [1.54, 1.807) is 0 Å². The van der Waals surface area contributed by atoms with Crippen LogP contribution in [0.2, 0.25) is 0 Å². The Morgan fingerprint density at radius 2 is 1.88 bits per heavy atom. The van der Waals surface area contributed by atoms with Gasteiger partial charge in [0.25, 0.3) is 0 Å². The minimum absolute atomic E-state index is 0.0389. The maximum absolute atomic E-state index is 13.2. The van der Waals surface area contributed by atoms with E-state index >= 15 is 0 Å². The van der Waals surface area contributed by atoms with Gasteiger partial charge in [-0.2, -0.15) is 0 Å². The van der Waals surface area contributed by atoms with Crippen LogP contribution in [0.4, 0.5) is 4.39 Å². The highest BCUT2D eigenvalue weighted by atomic mass is 79.9. The van der Waals surface area contributed by atoms with Crippen molar-refractivity contribution in [2.75, 3.05) is 19.9 Å². The van der Waals surface area contributed by atoms with E-state index in [9.17, 15) is 4.39 Å². The molecule has 1 nitrogen and oxygen atoms in total. The quantitative estimate of drug-likeness (QED) is 0.818. The summed E-state index contributed by atoms with van der Waals surface area (Å²) in [6.07, 6.45) is 1.95. The first kappa shape index (κ1) is 12.1. The van der Waals surface area contributed by atoms with Gasteiger partial charge in [-0.25, -0.2) is 0 Å². The summed E-state index contributed by atoms with van der Waals surface area (Å²) in [5.74, 6) is 0.469. The predicted molar refractivity (Wildman–Crippen MR) is 66.4 cm³/mol. The van der Waals surface area contributed by atoms with E-state index < -0.39 is 0 Å². The number of alkyl halides is 1.